The molecule has 0 saturated carbocycles. The second-order valence-corrected chi connectivity index (χ2v) is 8.87. The molecule has 0 aliphatic carbocycles. The first-order valence-corrected chi connectivity index (χ1v) is 10.7. The molecule has 3 aromatic rings. The van der Waals surface area contributed by atoms with Crippen molar-refractivity contribution in [3.05, 3.63) is 71.5 Å². The molecular weight excluding hydrogens is 405 g/mol. The molecule has 4 rings (SSSR count). The number of ether oxygens (including phenoxy) is 1. The van der Waals surface area contributed by atoms with E-state index in [0.29, 0.717) is 0 Å². The van der Waals surface area contributed by atoms with E-state index in [1.807, 2.05) is 82.3 Å². The topological polar surface area (TPSA) is 85.5 Å². The number of carbonyl (C=O) groups excluding carboxylic acids is 1. The van der Waals surface area contributed by atoms with Crippen LogP contribution in [0, 0.1) is 0 Å². The van der Waals surface area contributed by atoms with Crippen LogP contribution in [-0.4, -0.2) is 40.9 Å². The summed E-state index contributed by atoms with van der Waals surface area (Å²) in [7, 11) is -0.608. The lowest BCUT2D eigenvalue weighted by molar-refractivity contribution is 0.00578. The van der Waals surface area contributed by atoms with Gasteiger partial charge in [-0.25, -0.2) is 9.78 Å². The monoisotopic (exact) mass is 433 g/mol. The highest BCUT2D eigenvalue weighted by Gasteiger charge is 2.52. The fourth-order valence-corrected chi connectivity index (χ4v) is 3.45. The van der Waals surface area contributed by atoms with Gasteiger partial charge < -0.3 is 24.3 Å². The van der Waals surface area contributed by atoms with Gasteiger partial charge in [-0.05, 0) is 44.8 Å². The highest BCUT2D eigenvalue weighted by Crippen LogP contribution is 2.39. The van der Waals surface area contributed by atoms with Crippen LogP contribution < -0.4 is 5.32 Å². The van der Waals surface area contributed by atoms with Gasteiger partial charge in [0, 0.05) is 12.1 Å². The van der Waals surface area contributed by atoms with Crippen LogP contribution in [0.15, 0.2) is 60.3 Å². The lowest BCUT2D eigenvalue weighted by atomic mass is 9.77. The Bertz CT molecular complexity index is 1110. The minimum Gasteiger partial charge on any atom is -0.445 e. The van der Waals surface area contributed by atoms with Crippen molar-refractivity contribution >= 4 is 30.3 Å². The molecule has 0 atom stereocenters. The van der Waals surface area contributed by atoms with E-state index in [-0.39, 0.29) is 13.2 Å². The molecule has 166 valence electrons. The van der Waals surface area contributed by atoms with Crippen LogP contribution in [0.2, 0.25) is 0 Å². The molecule has 1 aliphatic heterocycles. The second-order valence-electron chi connectivity index (χ2n) is 8.87. The zero-order valence-corrected chi connectivity index (χ0v) is 18.8. The maximum atomic E-state index is 12.4. The number of imidazole rings is 1. The van der Waals surface area contributed by atoms with Gasteiger partial charge in [-0.3, -0.25) is 0 Å². The van der Waals surface area contributed by atoms with Crippen molar-refractivity contribution in [2.75, 3.05) is 6.54 Å². The summed E-state index contributed by atoms with van der Waals surface area (Å²) < 4.78 is 17.8. The van der Waals surface area contributed by atoms with Crippen LogP contribution in [0.25, 0.3) is 17.1 Å². The molecule has 1 saturated heterocycles. The Morgan fingerprint density at radius 2 is 1.81 bits per heavy atom. The molecule has 0 bridgehead atoms. The maximum absolute atomic E-state index is 12.4. The predicted octanol–water partition coefficient (Wildman–Crippen LogP) is 4.50. The van der Waals surface area contributed by atoms with Crippen molar-refractivity contribution in [1.29, 1.82) is 0 Å². The Balaban J connectivity index is 1.53. The van der Waals surface area contributed by atoms with E-state index in [9.17, 15) is 4.79 Å². The average molecular weight is 433 g/mol. The molecule has 1 fully saturated rings. The number of rotatable bonds is 6. The van der Waals surface area contributed by atoms with Crippen LogP contribution in [0.3, 0.4) is 0 Å². The Morgan fingerprint density at radius 3 is 2.53 bits per heavy atom. The van der Waals surface area contributed by atoms with Crippen molar-refractivity contribution in [2.24, 2.45) is 0 Å². The van der Waals surface area contributed by atoms with E-state index >= 15 is 0 Å². The van der Waals surface area contributed by atoms with Crippen molar-refractivity contribution in [1.82, 2.24) is 15.3 Å². The van der Waals surface area contributed by atoms with Crippen LogP contribution in [-0.2, 0) is 20.7 Å². The van der Waals surface area contributed by atoms with Crippen LogP contribution in [0.4, 0.5) is 4.79 Å². The zero-order chi connectivity index (χ0) is 22.8. The van der Waals surface area contributed by atoms with Gasteiger partial charge in [0.15, 0.2) is 0 Å². The number of alkyl carbamates (subject to hydrolysis) is 1. The number of nitrogens with zero attached hydrogens (tertiary/aromatic N) is 1. The van der Waals surface area contributed by atoms with Gasteiger partial charge in [-0.1, -0.05) is 48.5 Å². The fourth-order valence-electron chi connectivity index (χ4n) is 3.45. The van der Waals surface area contributed by atoms with Crippen molar-refractivity contribution in [3.8, 4) is 0 Å². The molecule has 1 amide bonds. The van der Waals surface area contributed by atoms with Crippen LogP contribution in [0.1, 0.15) is 38.8 Å². The summed E-state index contributed by atoms with van der Waals surface area (Å²) in [5.74, 6) is 0. The summed E-state index contributed by atoms with van der Waals surface area (Å²) >= 11 is 0. The van der Waals surface area contributed by atoms with Gasteiger partial charge in [0.25, 0.3) is 0 Å². The number of aromatic amines is 1. The fraction of sp³-hybridized carbons (Fsp3) is 0.333. The molecule has 8 heteroatoms. The van der Waals surface area contributed by atoms with Crippen LogP contribution >= 0.6 is 0 Å². The maximum Gasteiger partial charge on any atom is 0.492 e. The normalized spacial score (nSPS) is 17.5. The number of para-hydroxylation sites is 1. The van der Waals surface area contributed by atoms with Crippen LogP contribution in [0.5, 0.6) is 0 Å². The van der Waals surface area contributed by atoms with Gasteiger partial charge in [-0.15, -0.1) is 0 Å². The molecule has 2 N–H and O–H groups in total. The Morgan fingerprint density at radius 1 is 1.09 bits per heavy atom. The number of nitrogens with one attached hydrogen (secondary N) is 2. The van der Waals surface area contributed by atoms with E-state index in [1.165, 1.54) is 0 Å². The van der Waals surface area contributed by atoms with Crippen molar-refractivity contribution in [3.63, 3.8) is 0 Å². The number of fused-ring (bicyclic) bond motifs is 1. The second kappa shape index (κ2) is 8.80. The third-order valence-electron chi connectivity index (χ3n) is 6.03. The largest absolute Gasteiger partial charge is 0.492 e. The highest BCUT2D eigenvalue weighted by atomic mass is 16.7. The number of benzene rings is 2. The summed E-state index contributed by atoms with van der Waals surface area (Å²) in [5.41, 5.74) is 3.39. The van der Waals surface area contributed by atoms with E-state index in [2.05, 4.69) is 15.3 Å². The smallest absolute Gasteiger partial charge is 0.445 e. The van der Waals surface area contributed by atoms with Gasteiger partial charge in [-0.2, -0.15) is 0 Å². The van der Waals surface area contributed by atoms with Gasteiger partial charge in [0.1, 0.15) is 6.61 Å². The minimum atomic E-state index is -0.608. The van der Waals surface area contributed by atoms with E-state index in [0.717, 1.165) is 27.6 Å². The molecular formula is C24H28BN3O4. The molecule has 0 spiro atoms. The highest BCUT2D eigenvalue weighted by molar-refractivity contribution is 6.56. The third kappa shape index (κ3) is 4.71. The molecule has 1 aromatic heterocycles. The Kier molecular flexibility index (Phi) is 6.08. The number of H-pyrrole nitrogens is 1. The first kappa shape index (κ1) is 22.1. The SMILES string of the molecule is CC1(C)OB(C(=Cc2cccc3[nH]cnc23)CNC(=O)OCc2ccccc2)OC1(C)C. The molecule has 2 aromatic carbocycles. The van der Waals surface area contributed by atoms with E-state index in [4.69, 9.17) is 14.0 Å². The summed E-state index contributed by atoms with van der Waals surface area (Å²) in [6, 6.07) is 15.5. The number of carbonyl (C=O) groups is 1. The molecule has 0 radical (unpaired) electrons. The summed E-state index contributed by atoms with van der Waals surface area (Å²) in [4.78, 5) is 19.9. The molecule has 2 heterocycles. The lowest BCUT2D eigenvalue weighted by Crippen LogP contribution is -2.41. The van der Waals surface area contributed by atoms with Gasteiger partial charge in [0.05, 0.1) is 28.6 Å². The van der Waals surface area contributed by atoms with Gasteiger partial charge in [0.2, 0.25) is 0 Å². The quantitative estimate of drug-likeness (QED) is 0.559. The van der Waals surface area contributed by atoms with Crippen molar-refractivity contribution in [2.45, 2.75) is 45.5 Å². The summed E-state index contributed by atoms with van der Waals surface area (Å²) in [6.45, 7) is 8.42. The molecule has 1 aliphatic rings. The summed E-state index contributed by atoms with van der Waals surface area (Å²) in [5, 5.41) is 2.83. The van der Waals surface area contributed by atoms with Gasteiger partial charge >= 0.3 is 13.2 Å². The molecule has 0 unspecified atom stereocenters. The first-order valence-electron chi connectivity index (χ1n) is 10.7. The minimum absolute atomic E-state index is 0.203. The molecule has 32 heavy (non-hydrogen) atoms. The predicted molar refractivity (Wildman–Crippen MR) is 125 cm³/mol. The Labute approximate surface area is 188 Å². The zero-order valence-electron chi connectivity index (χ0n) is 18.8. The number of hydrogen-bond donors (Lipinski definition) is 2. The molecule has 7 nitrogen and oxygen atoms in total. The van der Waals surface area contributed by atoms with Crippen molar-refractivity contribution < 1.29 is 18.8 Å². The number of amides is 1. The Hall–Kier alpha value is -3.10. The number of aromatic nitrogens is 2. The average Bonchev–Trinajstić information content (AvgIpc) is 3.32. The van der Waals surface area contributed by atoms with E-state index in [1.54, 1.807) is 6.33 Å². The van der Waals surface area contributed by atoms with E-state index < -0.39 is 24.4 Å². The first-order chi connectivity index (χ1) is 15.2. The lowest BCUT2D eigenvalue weighted by Gasteiger charge is -2.32. The summed E-state index contributed by atoms with van der Waals surface area (Å²) in [6.07, 6.45) is 3.12. The number of hydrogen-bond acceptors (Lipinski definition) is 5. The third-order valence-corrected chi connectivity index (χ3v) is 6.03. The standard InChI is InChI=1S/C24H28BN3O4/c1-23(2)24(3,4)32-25(31-23)19(13-18-11-8-12-20-21(18)28-16-27-20)14-26-22(29)30-15-17-9-6-5-7-10-17/h5-13,16H,14-15H2,1-4H3,(H,26,29)(H,27,28).